The average Bonchev–Trinajstić information content (AvgIpc) is 2.42. The van der Waals surface area contributed by atoms with E-state index in [1.807, 2.05) is 6.92 Å². The molecule has 0 fully saturated rings. The van der Waals surface area contributed by atoms with E-state index in [0.717, 1.165) is 23.9 Å². The van der Waals surface area contributed by atoms with Crippen LogP contribution in [0.2, 0.25) is 0 Å². The molecule has 2 N–H and O–H groups in total. The third-order valence-corrected chi connectivity index (χ3v) is 3.58. The van der Waals surface area contributed by atoms with E-state index in [1.54, 1.807) is 12.3 Å². The third-order valence-electron chi connectivity index (χ3n) is 3.15. The Morgan fingerprint density at radius 1 is 1.37 bits per heavy atom. The molecule has 0 unspecified atom stereocenters. The van der Waals surface area contributed by atoms with Gasteiger partial charge in [-0.2, -0.15) is 0 Å². The molecule has 0 spiro atoms. The summed E-state index contributed by atoms with van der Waals surface area (Å²) in [6, 6.07) is 1.80. The van der Waals surface area contributed by atoms with Gasteiger partial charge in [0.05, 0.1) is 5.56 Å². The van der Waals surface area contributed by atoms with Crippen LogP contribution in [0.25, 0.3) is 0 Å². The molecule has 0 aliphatic rings. The molecule has 0 aliphatic carbocycles. The molecule has 5 heteroatoms. The van der Waals surface area contributed by atoms with Gasteiger partial charge in [0.1, 0.15) is 5.82 Å². The number of halogens is 1. The first-order valence-electron chi connectivity index (χ1n) is 6.79. The van der Waals surface area contributed by atoms with Crippen molar-refractivity contribution >= 4 is 27.7 Å². The number of carbonyl (C=O) groups is 1. The van der Waals surface area contributed by atoms with Crippen LogP contribution in [0.1, 0.15) is 44.0 Å². The molecule has 1 aromatic rings. The van der Waals surface area contributed by atoms with Crippen LogP contribution in [0, 0.1) is 5.92 Å². The van der Waals surface area contributed by atoms with Crippen molar-refractivity contribution < 1.29 is 4.79 Å². The molecule has 1 heterocycles. The van der Waals surface area contributed by atoms with E-state index in [-0.39, 0.29) is 5.91 Å². The normalized spacial score (nSPS) is 10.6. The molecule has 0 atom stereocenters. The van der Waals surface area contributed by atoms with Crippen LogP contribution in [0.3, 0.4) is 0 Å². The summed E-state index contributed by atoms with van der Waals surface area (Å²) in [4.78, 5) is 16.5. The van der Waals surface area contributed by atoms with Gasteiger partial charge in [0.2, 0.25) is 0 Å². The molecule has 1 amide bonds. The number of pyridine rings is 1. The van der Waals surface area contributed by atoms with Gasteiger partial charge >= 0.3 is 0 Å². The summed E-state index contributed by atoms with van der Waals surface area (Å²) in [7, 11) is 0. The maximum Gasteiger partial charge on any atom is 0.255 e. The monoisotopic (exact) mass is 327 g/mol. The Labute approximate surface area is 123 Å². The first kappa shape index (κ1) is 16.0. The van der Waals surface area contributed by atoms with Crippen molar-refractivity contribution in [3.63, 3.8) is 0 Å². The van der Waals surface area contributed by atoms with E-state index in [0.29, 0.717) is 23.8 Å². The molecule has 1 aromatic heterocycles. The smallest absolute Gasteiger partial charge is 0.255 e. The Hall–Kier alpha value is -1.10. The minimum absolute atomic E-state index is 0.0725. The zero-order valence-corrected chi connectivity index (χ0v) is 13.4. The summed E-state index contributed by atoms with van der Waals surface area (Å²) in [5.41, 5.74) is 0.585. The van der Waals surface area contributed by atoms with Crippen LogP contribution >= 0.6 is 15.9 Å². The standard InChI is InChI=1S/C14H22BrN3O/c1-4-10(5-2)8-18-14(19)12-7-11(15)9-17-13(12)16-6-3/h7,9-10H,4-6,8H2,1-3H3,(H,16,17)(H,18,19). The second-order valence-electron chi connectivity index (χ2n) is 4.47. The second kappa shape index (κ2) is 8.15. The minimum atomic E-state index is -0.0725. The number of hydrogen-bond donors (Lipinski definition) is 2. The molecule has 0 radical (unpaired) electrons. The predicted octanol–water partition coefficient (Wildman–Crippen LogP) is 3.44. The van der Waals surface area contributed by atoms with Crippen LogP contribution in [0.5, 0.6) is 0 Å². The first-order valence-corrected chi connectivity index (χ1v) is 7.59. The quantitative estimate of drug-likeness (QED) is 0.806. The molecular weight excluding hydrogens is 306 g/mol. The minimum Gasteiger partial charge on any atom is -0.370 e. The van der Waals surface area contributed by atoms with Crippen LogP contribution in [-0.2, 0) is 0 Å². The van der Waals surface area contributed by atoms with Crippen molar-refractivity contribution in [2.75, 3.05) is 18.4 Å². The number of nitrogens with zero attached hydrogens (tertiary/aromatic N) is 1. The number of amides is 1. The summed E-state index contributed by atoms with van der Waals surface area (Å²) >= 11 is 3.35. The second-order valence-corrected chi connectivity index (χ2v) is 5.39. The Kier molecular flexibility index (Phi) is 6.84. The Morgan fingerprint density at radius 3 is 2.63 bits per heavy atom. The third kappa shape index (κ3) is 4.82. The van der Waals surface area contributed by atoms with Gasteiger partial charge in [-0.15, -0.1) is 0 Å². The Morgan fingerprint density at radius 2 is 2.05 bits per heavy atom. The molecule has 106 valence electrons. The topological polar surface area (TPSA) is 54.0 Å². The van der Waals surface area contributed by atoms with Crippen molar-refractivity contribution in [1.29, 1.82) is 0 Å². The fourth-order valence-electron chi connectivity index (χ4n) is 1.83. The molecule has 0 saturated heterocycles. The van der Waals surface area contributed by atoms with Crippen molar-refractivity contribution in [3.8, 4) is 0 Å². The van der Waals surface area contributed by atoms with Gasteiger partial charge in [-0.05, 0) is 34.8 Å². The molecule has 0 aliphatic heterocycles. The highest BCUT2D eigenvalue weighted by Gasteiger charge is 2.14. The van der Waals surface area contributed by atoms with E-state index in [1.165, 1.54) is 0 Å². The number of nitrogens with one attached hydrogen (secondary N) is 2. The predicted molar refractivity (Wildman–Crippen MR) is 82.5 cm³/mol. The number of anilines is 1. The zero-order valence-electron chi connectivity index (χ0n) is 11.8. The molecule has 0 bridgehead atoms. The highest BCUT2D eigenvalue weighted by atomic mass is 79.9. The average molecular weight is 328 g/mol. The summed E-state index contributed by atoms with van der Waals surface area (Å²) < 4.78 is 0.807. The van der Waals surface area contributed by atoms with Gasteiger partial charge in [-0.3, -0.25) is 4.79 Å². The van der Waals surface area contributed by atoms with Crippen LogP contribution < -0.4 is 10.6 Å². The molecule has 19 heavy (non-hydrogen) atoms. The molecule has 4 nitrogen and oxygen atoms in total. The molecule has 0 aromatic carbocycles. The lowest BCUT2D eigenvalue weighted by Crippen LogP contribution is -2.29. The maximum atomic E-state index is 12.2. The summed E-state index contributed by atoms with van der Waals surface area (Å²) in [6.07, 6.45) is 3.84. The lowest BCUT2D eigenvalue weighted by molar-refractivity contribution is 0.0947. The number of carbonyl (C=O) groups excluding carboxylic acids is 1. The lowest BCUT2D eigenvalue weighted by Gasteiger charge is -2.15. The lowest BCUT2D eigenvalue weighted by atomic mass is 10.0. The number of aromatic nitrogens is 1. The van der Waals surface area contributed by atoms with E-state index >= 15 is 0 Å². The Bertz CT molecular complexity index is 419. The van der Waals surface area contributed by atoms with E-state index < -0.39 is 0 Å². The molecule has 1 rings (SSSR count). The number of rotatable bonds is 7. The van der Waals surface area contributed by atoms with E-state index in [4.69, 9.17) is 0 Å². The van der Waals surface area contributed by atoms with Gasteiger partial charge < -0.3 is 10.6 Å². The summed E-state index contributed by atoms with van der Waals surface area (Å²) in [5, 5.41) is 6.09. The van der Waals surface area contributed by atoms with Crippen LogP contribution in [0.15, 0.2) is 16.7 Å². The van der Waals surface area contributed by atoms with Crippen molar-refractivity contribution in [2.45, 2.75) is 33.6 Å². The van der Waals surface area contributed by atoms with Crippen molar-refractivity contribution in [1.82, 2.24) is 10.3 Å². The first-order chi connectivity index (χ1) is 9.12. The number of hydrogen-bond acceptors (Lipinski definition) is 3. The van der Waals surface area contributed by atoms with Gasteiger partial charge in [0, 0.05) is 23.8 Å². The van der Waals surface area contributed by atoms with Gasteiger partial charge in [0.25, 0.3) is 5.91 Å². The summed E-state index contributed by atoms with van der Waals surface area (Å²) in [6.45, 7) is 7.72. The highest BCUT2D eigenvalue weighted by molar-refractivity contribution is 9.10. The van der Waals surface area contributed by atoms with Crippen LogP contribution in [-0.4, -0.2) is 24.0 Å². The SMILES string of the molecule is CCNc1ncc(Br)cc1C(=O)NCC(CC)CC. The fourth-order valence-corrected chi connectivity index (χ4v) is 2.16. The fraction of sp³-hybridized carbons (Fsp3) is 0.571. The molecular formula is C14H22BrN3O. The largest absolute Gasteiger partial charge is 0.370 e. The highest BCUT2D eigenvalue weighted by Crippen LogP contribution is 2.18. The van der Waals surface area contributed by atoms with E-state index in [9.17, 15) is 4.79 Å². The Balaban J connectivity index is 2.77. The van der Waals surface area contributed by atoms with Gasteiger partial charge in [-0.1, -0.05) is 26.7 Å². The van der Waals surface area contributed by atoms with Crippen molar-refractivity contribution in [2.24, 2.45) is 5.92 Å². The van der Waals surface area contributed by atoms with Crippen LogP contribution in [0.4, 0.5) is 5.82 Å². The van der Waals surface area contributed by atoms with Gasteiger partial charge in [-0.25, -0.2) is 4.98 Å². The summed E-state index contributed by atoms with van der Waals surface area (Å²) in [5.74, 6) is 1.09. The van der Waals surface area contributed by atoms with Gasteiger partial charge in [0.15, 0.2) is 0 Å². The molecule has 0 saturated carbocycles. The van der Waals surface area contributed by atoms with Crippen molar-refractivity contribution in [3.05, 3.63) is 22.3 Å². The maximum absolute atomic E-state index is 12.2. The zero-order chi connectivity index (χ0) is 14.3. The van der Waals surface area contributed by atoms with E-state index in [2.05, 4.69) is 45.4 Å².